The summed E-state index contributed by atoms with van der Waals surface area (Å²) >= 11 is 3.32. The van der Waals surface area contributed by atoms with Crippen LogP contribution in [0, 0.1) is 0 Å². The molecule has 0 aliphatic heterocycles. The topological polar surface area (TPSA) is 150 Å². The highest BCUT2D eigenvalue weighted by molar-refractivity contribution is 9.10. The first-order valence-electron chi connectivity index (χ1n) is 6.00. The van der Waals surface area contributed by atoms with Gasteiger partial charge in [-0.05, 0) is 17.3 Å². The fourth-order valence-corrected chi connectivity index (χ4v) is 2.73. The number of aromatic nitrogens is 6. The molecule has 0 fully saturated rings. The standard InChI is InChI=1S/C10H10BrN6O4P/c11-5-1-2-17-6(4-8(18)22(19,20)21)9(12-7(17)3-5)10-13-15-16-14-10/h1-3,8,18H,4H2,(H2,19,20,21)(H,13,14,15,16). The van der Waals surface area contributed by atoms with Crippen molar-refractivity contribution in [3.8, 4) is 11.5 Å². The number of hydrogen-bond donors (Lipinski definition) is 4. The van der Waals surface area contributed by atoms with Gasteiger partial charge in [0.1, 0.15) is 11.3 Å². The molecular formula is C10H10BrN6O4P. The van der Waals surface area contributed by atoms with Gasteiger partial charge in [0.05, 0.1) is 5.69 Å². The van der Waals surface area contributed by atoms with Crippen molar-refractivity contribution in [1.29, 1.82) is 0 Å². The van der Waals surface area contributed by atoms with Crippen LogP contribution in [0.25, 0.3) is 17.2 Å². The second-order valence-electron chi connectivity index (χ2n) is 4.49. The number of nitrogens with zero attached hydrogens (tertiary/aromatic N) is 5. The Hall–Kier alpha value is -1.65. The number of aliphatic hydroxyl groups is 1. The van der Waals surface area contributed by atoms with Gasteiger partial charge in [-0.25, -0.2) is 4.98 Å². The van der Waals surface area contributed by atoms with E-state index in [2.05, 4.69) is 41.5 Å². The molecule has 1 atom stereocenters. The molecule has 3 heterocycles. The molecule has 4 N–H and O–H groups in total. The molecule has 3 rings (SSSR count). The Bertz CT molecular complexity index is 860. The van der Waals surface area contributed by atoms with Crippen LogP contribution in [-0.2, 0) is 11.0 Å². The molecule has 0 aliphatic carbocycles. The number of aliphatic hydroxyl groups excluding tert-OH is 1. The van der Waals surface area contributed by atoms with Gasteiger partial charge in [0, 0.05) is 17.1 Å². The Morgan fingerprint density at radius 1 is 1.45 bits per heavy atom. The van der Waals surface area contributed by atoms with Crippen molar-refractivity contribution in [3.63, 3.8) is 0 Å². The van der Waals surface area contributed by atoms with Crippen molar-refractivity contribution in [2.24, 2.45) is 0 Å². The fraction of sp³-hybridized carbons (Fsp3) is 0.200. The van der Waals surface area contributed by atoms with Gasteiger partial charge in [-0.3, -0.25) is 4.57 Å². The van der Waals surface area contributed by atoms with Crippen LogP contribution in [0.15, 0.2) is 22.8 Å². The number of fused-ring (bicyclic) bond motifs is 1. The number of halogens is 1. The highest BCUT2D eigenvalue weighted by Crippen LogP contribution is 2.42. The largest absolute Gasteiger partial charge is 0.380 e. The summed E-state index contributed by atoms with van der Waals surface area (Å²) in [5, 5.41) is 23.1. The maximum Gasteiger partial charge on any atom is 0.354 e. The lowest BCUT2D eigenvalue weighted by Crippen LogP contribution is -2.13. The molecule has 12 heteroatoms. The third-order valence-corrected chi connectivity index (χ3v) is 4.46. The summed E-state index contributed by atoms with van der Waals surface area (Å²) in [6.45, 7) is 0. The van der Waals surface area contributed by atoms with E-state index in [0.717, 1.165) is 4.47 Å². The van der Waals surface area contributed by atoms with Gasteiger partial charge in [-0.2, -0.15) is 5.21 Å². The van der Waals surface area contributed by atoms with Crippen molar-refractivity contribution in [2.75, 3.05) is 0 Å². The van der Waals surface area contributed by atoms with Crippen molar-refractivity contribution >= 4 is 29.2 Å². The normalized spacial score (nSPS) is 13.6. The highest BCUT2D eigenvalue weighted by atomic mass is 79.9. The van der Waals surface area contributed by atoms with Gasteiger partial charge in [0.25, 0.3) is 0 Å². The summed E-state index contributed by atoms with van der Waals surface area (Å²) in [6, 6.07) is 3.46. The van der Waals surface area contributed by atoms with E-state index in [9.17, 15) is 9.67 Å². The molecule has 0 aliphatic rings. The minimum Gasteiger partial charge on any atom is -0.380 e. The van der Waals surface area contributed by atoms with E-state index >= 15 is 0 Å². The van der Waals surface area contributed by atoms with Crippen LogP contribution in [0.5, 0.6) is 0 Å². The van der Waals surface area contributed by atoms with Gasteiger partial charge in [-0.1, -0.05) is 15.9 Å². The third-order valence-electron chi connectivity index (χ3n) is 3.01. The number of aromatic amines is 1. The molecule has 0 aromatic carbocycles. The van der Waals surface area contributed by atoms with Gasteiger partial charge in [0.2, 0.25) is 5.82 Å². The average molecular weight is 389 g/mol. The van der Waals surface area contributed by atoms with Crippen LogP contribution in [0.4, 0.5) is 0 Å². The lowest BCUT2D eigenvalue weighted by atomic mass is 10.2. The number of nitrogens with one attached hydrogen (secondary N) is 1. The molecule has 1 unspecified atom stereocenters. The van der Waals surface area contributed by atoms with E-state index < -0.39 is 13.4 Å². The highest BCUT2D eigenvalue weighted by Gasteiger charge is 2.30. The molecule has 22 heavy (non-hydrogen) atoms. The monoisotopic (exact) mass is 388 g/mol. The molecule has 3 aromatic rings. The SMILES string of the molecule is O=P(O)(O)C(O)Cc1c(-c2nn[nH]n2)nc2cc(Br)ccn12. The molecule has 10 nitrogen and oxygen atoms in total. The zero-order valence-corrected chi connectivity index (χ0v) is 13.3. The first-order chi connectivity index (χ1) is 10.4. The van der Waals surface area contributed by atoms with E-state index in [-0.39, 0.29) is 12.2 Å². The minimum absolute atomic E-state index is 0.174. The zero-order valence-electron chi connectivity index (χ0n) is 10.8. The minimum atomic E-state index is -4.64. The van der Waals surface area contributed by atoms with E-state index in [0.29, 0.717) is 17.0 Å². The molecule has 116 valence electrons. The molecule has 3 aromatic heterocycles. The molecule has 0 bridgehead atoms. The summed E-state index contributed by atoms with van der Waals surface area (Å²) < 4.78 is 13.6. The van der Waals surface area contributed by atoms with Gasteiger partial charge in [0.15, 0.2) is 5.85 Å². The van der Waals surface area contributed by atoms with E-state index in [1.165, 1.54) is 0 Å². The second-order valence-corrected chi connectivity index (χ2v) is 7.18. The van der Waals surface area contributed by atoms with Crippen LogP contribution in [-0.4, -0.2) is 50.7 Å². The van der Waals surface area contributed by atoms with Crippen molar-refractivity contribution in [3.05, 3.63) is 28.5 Å². The Morgan fingerprint density at radius 2 is 2.23 bits per heavy atom. The molecule has 0 saturated carbocycles. The summed E-state index contributed by atoms with van der Waals surface area (Å²) in [7, 11) is -4.64. The summed E-state index contributed by atoms with van der Waals surface area (Å²) in [4.78, 5) is 22.5. The quantitative estimate of drug-likeness (QED) is 0.466. The summed E-state index contributed by atoms with van der Waals surface area (Å²) in [5.74, 6) is -1.67. The first kappa shape index (κ1) is 15.3. The number of imidazole rings is 1. The second kappa shape index (κ2) is 5.52. The lowest BCUT2D eigenvalue weighted by molar-refractivity contribution is 0.201. The molecule has 0 spiro atoms. The average Bonchev–Trinajstić information content (AvgIpc) is 3.05. The maximum atomic E-state index is 11.2. The number of H-pyrrole nitrogens is 1. The summed E-state index contributed by atoms with van der Waals surface area (Å²) in [6.07, 6.45) is 1.36. The molecule has 0 saturated heterocycles. The maximum absolute atomic E-state index is 11.2. The Morgan fingerprint density at radius 3 is 2.86 bits per heavy atom. The summed E-state index contributed by atoms with van der Waals surface area (Å²) in [5.41, 5.74) is 1.18. The number of pyridine rings is 1. The number of tetrazole rings is 1. The van der Waals surface area contributed by atoms with Crippen LogP contribution >= 0.6 is 23.5 Å². The number of hydrogen-bond acceptors (Lipinski definition) is 6. The van der Waals surface area contributed by atoms with Gasteiger partial charge < -0.3 is 19.3 Å². The van der Waals surface area contributed by atoms with Gasteiger partial charge >= 0.3 is 7.60 Å². The fourth-order valence-electron chi connectivity index (χ4n) is 2.00. The van der Waals surface area contributed by atoms with E-state index in [1.807, 2.05) is 0 Å². The van der Waals surface area contributed by atoms with E-state index in [1.54, 1.807) is 22.7 Å². The van der Waals surface area contributed by atoms with Crippen LogP contribution in [0.3, 0.4) is 0 Å². The van der Waals surface area contributed by atoms with Crippen molar-refractivity contribution in [1.82, 2.24) is 30.0 Å². The predicted molar refractivity (Wildman–Crippen MR) is 77.8 cm³/mol. The van der Waals surface area contributed by atoms with Crippen LogP contribution in [0.2, 0.25) is 0 Å². The third kappa shape index (κ3) is 2.81. The predicted octanol–water partition coefficient (Wildman–Crippen LogP) is 0.316. The van der Waals surface area contributed by atoms with Crippen molar-refractivity contribution in [2.45, 2.75) is 12.3 Å². The van der Waals surface area contributed by atoms with E-state index in [4.69, 9.17) is 9.79 Å². The van der Waals surface area contributed by atoms with Gasteiger partial charge in [-0.15, -0.1) is 10.2 Å². The first-order valence-corrected chi connectivity index (χ1v) is 8.47. The molecule has 0 radical (unpaired) electrons. The molecule has 0 amide bonds. The Kier molecular flexibility index (Phi) is 3.83. The zero-order chi connectivity index (χ0) is 15.9. The van der Waals surface area contributed by atoms with Crippen LogP contribution < -0.4 is 0 Å². The van der Waals surface area contributed by atoms with Crippen LogP contribution in [0.1, 0.15) is 5.69 Å². The number of rotatable bonds is 4. The smallest absolute Gasteiger partial charge is 0.354 e. The molecular weight excluding hydrogens is 379 g/mol. The Balaban J connectivity index is 2.17. The van der Waals surface area contributed by atoms with Crippen molar-refractivity contribution < 1.29 is 19.5 Å². The lowest BCUT2D eigenvalue weighted by Gasteiger charge is -2.12. The Labute approximate surface area is 131 Å².